The number of hydrogen-bond donors (Lipinski definition) is 0. The van der Waals surface area contributed by atoms with Crippen LogP contribution in [0.2, 0.25) is 18.1 Å². The molecular formula is C18H25ClOSi. The molecule has 0 aliphatic heterocycles. The van der Waals surface area contributed by atoms with E-state index in [0.29, 0.717) is 12.5 Å². The van der Waals surface area contributed by atoms with Crippen LogP contribution >= 0.6 is 11.6 Å². The molecule has 2 rings (SSSR count). The summed E-state index contributed by atoms with van der Waals surface area (Å²) in [7, 11) is -1.72. The van der Waals surface area contributed by atoms with Crippen molar-refractivity contribution in [2.45, 2.75) is 51.4 Å². The van der Waals surface area contributed by atoms with Crippen molar-refractivity contribution in [2.24, 2.45) is 0 Å². The van der Waals surface area contributed by atoms with Crippen molar-refractivity contribution < 1.29 is 4.43 Å². The minimum Gasteiger partial charge on any atom is -0.413 e. The quantitative estimate of drug-likeness (QED) is 0.488. The first kappa shape index (κ1) is 16.5. The number of fused-ring (bicyclic) bond motifs is 1. The summed E-state index contributed by atoms with van der Waals surface area (Å²) in [4.78, 5) is 0. The predicted octanol–water partition coefficient (Wildman–Crippen LogP) is 6.10. The zero-order valence-electron chi connectivity index (χ0n) is 13.7. The average molecular weight is 321 g/mol. The summed E-state index contributed by atoms with van der Waals surface area (Å²) in [6.45, 7) is 12.1. The molecule has 2 aromatic carbocycles. The van der Waals surface area contributed by atoms with Gasteiger partial charge in [0.05, 0.1) is 6.61 Å². The lowest BCUT2D eigenvalue weighted by Crippen LogP contribution is -2.40. The molecule has 21 heavy (non-hydrogen) atoms. The van der Waals surface area contributed by atoms with Gasteiger partial charge in [0.2, 0.25) is 0 Å². The van der Waals surface area contributed by atoms with E-state index < -0.39 is 8.32 Å². The fourth-order valence-corrected chi connectivity index (χ4v) is 3.32. The maximum absolute atomic E-state index is 6.37. The molecule has 3 heteroatoms. The summed E-state index contributed by atoms with van der Waals surface area (Å²) in [6, 6.07) is 12.7. The van der Waals surface area contributed by atoms with E-state index in [1.165, 1.54) is 21.9 Å². The van der Waals surface area contributed by atoms with E-state index in [1.54, 1.807) is 0 Å². The van der Waals surface area contributed by atoms with Gasteiger partial charge >= 0.3 is 0 Å². The number of alkyl halides is 1. The van der Waals surface area contributed by atoms with Gasteiger partial charge in [-0.05, 0) is 40.0 Å². The van der Waals surface area contributed by atoms with E-state index >= 15 is 0 Å². The topological polar surface area (TPSA) is 9.23 Å². The minimum absolute atomic E-state index is 0.235. The van der Waals surface area contributed by atoms with E-state index in [4.69, 9.17) is 16.0 Å². The second-order valence-corrected chi connectivity index (χ2v) is 12.2. The molecule has 0 aliphatic carbocycles. The number of benzene rings is 2. The van der Waals surface area contributed by atoms with Gasteiger partial charge in [-0.1, -0.05) is 57.2 Å². The molecule has 1 nitrogen and oxygen atoms in total. The summed E-state index contributed by atoms with van der Waals surface area (Å²) >= 11 is 6.04. The van der Waals surface area contributed by atoms with E-state index in [2.05, 4.69) is 70.3 Å². The normalized spacial score (nSPS) is 12.9. The summed E-state index contributed by atoms with van der Waals surface area (Å²) in [5.74, 6) is 0.546. The van der Waals surface area contributed by atoms with Crippen molar-refractivity contribution in [3.8, 4) is 0 Å². The Balaban J connectivity index is 2.32. The maximum atomic E-state index is 6.37. The Morgan fingerprint density at radius 2 is 1.48 bits per heavy atom. The van der Waals surface area contributed by atoms with E-state index in [0.717, 1.165) is 0 Å². The monoisotopic (exact) mass is 320 g/mol. The highest BCUT2D eigenvalue weighted by molar-refractivity contribution is 6.74. The van der Waals surface area contributed by atoms with E-state index in [1.807, 2.05) is 0 Å². The lowest BCUT2D eigenvalue weighted by atomic mass is 10.0. The molecule has 0 atom stereocenters. The van der Waals surface area contributed by atoms with E-state index in [9.17, 15) is 0 Å². The summed E-state index contributed by atoms with van der Waals surface area (Å²) < 4.78 is 6.37. The van der Waals surface area contributed by atoms with Gasteiger partial charge in [0, 0.05) is 5.88 Å². The van der Waals surface area contributed by atoms with Crippen LogP contribution in [0.5, 0.6) is 0 Å². The third kappa shape index (κ3) is 3.50. The zero-order valence-corrected chi connectivity index (χ0v) is 15.4. The summed E-state index contributed by atoms with van der Waals surface area (Å²) in [6.07, 6.45) is 0. The van der Waals surface area contributed by atoms with Crippen molar-refractivity contribution in [1.29, 1.82) is 0 Å². The molecule has 114 valence electrons. The second kappa shape index (κ2) is 6.11. The van der Waals surface area contributed by atoms with Gasteiger partial charge in [0.25, 0.3) is 0 Å². The third-order valence-corrected chi connectivity index (χ3v) is 9.41. The zero-order chi connectivity index (χ0) is 15.7. The Kier molecular flexibility index (Phi) is 4.81. The number of rotatable bonds is 4. The Labute approximate surface area is 134 Å². The summed E-state index contributed by atoms with van der Waals surface area (Å²) in [5, 5.41) is 2.73. The van der Waals surface area contributed by atoms with Gasteiger partial charge in [-0.3, -0.25) is 0 Å². The standard InChI is InChI=1S/C18H25ClOSi/c1-18(2,3)21(4,5)20-13-15-11-10-14(12-19)16-8-6-7-9-17(15)16/h6-11H,12-13H2,1-5H3. The maximum Gasteiger partial charge on any atom is 0.192 e. The molecule has 0 saturated heterocycles. The highest BCUT2D eigenvalue weighted by Crippen LogP contribution is 2.37. The molecule has 0 aromatic heterocycles. The molecule has 0 bridgehead atoms. The largest absolute Gasteiger partial charge is 0.413 e. The highest BCUT2D eigenvalue weighted by Gasteiger charge is 2.37. The fourth-order valence-electron chi connectivity index (χ4n) is 2.14. The van der Waals surface area contributed by atoms with Crippen LogP contribution in [0.25, 0.3) is 10.8 Å². The third-order valence-electron chi connectivity index (χ3n) is 4.64. The first-order valence-electron chi connectivity index (χ1n) is 7.46. The molecule has 0 heterocycles. The molecule has 0 amide bonds. The van der Waals surface area contributed by atoms with Crippen LogP contribution in [0.3, 0.4) is 0 Å². The van der Waals surface area contributed by atoms with Crippen molar-refractivity contribution >= 4 is 30.7 Å². The van der Waals surface area contributed by atoms with Gasteiger partial charge < -0.3 is 4.43 Å². The second-order valence-electron chi connectivity index (χ2n) is 7.11. The molecule has 0 spiro atoms. The summed E-state index contributed by atoms with van der Waals surface area (Å²) in [5.41, 5.74) is 2.44. The van der Waals surface area contributed by atoms with Gasteiger partial charge in [-0.25, -0.2) is 0 Å². The molecule has 0 aliphatic rings. The average Bonchev–Trinajstić information content (AvgIpc) is 2.43. The van der Waals surface area contributed by atoms with E-state index in [-0.39, 0.29) is 5.04 Å². The van der Waals surface area contributed by atoms with Gasteiger partial charge in [0.15, 0.2) is 8.32 Å². The van der Waals surface area contributed by atoms with Gasteiger partial charge in [-0.15, -0.1) is 11.6 Å². The first-order chi connectivity index (χ1) is 9.76. The molecular weight excluding hydrogens is 296 g/mol. The smallest absolute Gasteiger partial charge is 0.192 e. The van der Waals surface area contributed by atoms with Gasteiger partial charge in [-0.2, -0.15) is 0 Å². The Bertz CT molecular complexity index is 629. The van der Waals surface area contributed by atoms with Crippen LogP contribution in [-0.4, -0.2) is 8.32 Å². The molecule has 0 saturated carbocycles. The molecule has 0 radical (unpaired) electrons. The number of halogens is 1. The lowest BCUT2D eigenvalue weighted by molar-refractivity contribution is 0.277. The molecule has 0 unspecified atom stereocenters. The van der Waals surface area contributed by atoms with Crippen LogP contribution in [0, 0.1) is 0 Å². The van der Waals surface area contributed by atoms with Crippen molar-refractivity contribution in [1.82, 2.24) is 0 Å². The minimum atomic E-state index is -1.72. The van der Waals surface area contributed by atoms with Crippen LogP contribution in [-0.2, 0) is 16.9 Å². The highest BCUT2D eigenvalue weighted by atomic mass is 35.5. The molecule has 0 N–H and O–H groups in total. The fraction of sp³-hybridized carbons (Fsp3) is 0.444. The Morgan fingerprint density at radius 3 is 2.00 bits per heavy atom. The van der Waals surface area contributed by atoms with Crippen LogP contribution < -0.4 is 0 Å². The number of hydrogen-bond acceptors (Lipinski definition) is 1. The lowest BCUT2D eigenvalue weighted by Gasteiger charge is -2.36. The van der Waals surface area contributed by atoms with Crippen molar-refractivity contribution in [3.63, 3.8) is 0 Å². The van der Waals surface area contributed by atoms with Crippen LogP contribution in [0.15, 0.2) is 36.4 Å². The predicted molar refractivity (Wildman–Crippen MR) is 95.5 cm³/mol. The Morgan fingerprint density at radius 1 is 0.952 bits per heavy atom. The van der Waals surface area contributed by atoms with Crippen molar-refractivity contribution in [2.75, 3.05) is 0 Å². The SMILES string of the molecule is CC(C)(C)[Si](C)(C)OCc1ccc(CCl)c2ccccc12. The molecule has 0 fully saturated rings. The van der Waals surface area contributed by atoms with Gasteiger partial charge in [0.1, 0.15) is 0 Å². The van der Waals surface area contributed by atoms with Crippen LogP contribution in [0.1, 0.15) is 31.9 Å². The first-order valence-corrected chi connectivity index (χ1v) is 10.9. The Hall–Kier alpha value is -0.833. The van der Waals surface area contributed by atoms with Crippen LogP contribution in [0.4, 0.5) is 0 Å². The molecule has 2 aromatic rings. The van der Waals surface area contributed by atoms with Crippen molar-refractivity contribution in [3.05, 3.63) is 47.5 Å².